The maximum atomic E-state index is 11.1. The second-order valence-electron chi connectivity index (χ2n) is 3.04. The van der Waals surface area contributed by atoms with Gasteiger partial charge in [-0.15, -0.1) is 0 Å². The molecule has 0 aliphatic rings. The molecule has 1 atom stereocenters. The van der Waals surface area contributed by atoms with Gasteiger partial charge in [-0.25, -0.2) is 0 Å². The molecule has 0 aliphatic heterocycles. The number of nitriles is 1. The van der Waals surface area contributed by atoms with Crippen molar-refractivity contribution < 1.29 is 9.53 Å². The summed E-state index contributed by atoms with van der Waals surface area (Å²) in [7, 11) is 0. The number of nitrogens with zero attached hydrogens (tertiary/aromatic N) is 1. The van der Waals surface area contributed by atoms with E-state index in [1.165, 1.54) is 0 Å². The van der Waals surface area contributed by atoms with Crippen LogP contribution < -0.4 is 5.73 Å². The number of carbonyl (C=O) groups is 1. The van der Waals surface area contributed by atoms with Crippen LogP contribution >= 0.6 is 0 Å². The molecule has 4 heteroatoms. The van der Waals surface area contributed by atoms with E-state index in [4.69, 9.17) is 11.0 Å². The highest BCUT2D eigenvalue weighted by molar-refractivity contribution is 5.70. The Hall–Kier alpha value is -1.86. The van der Waals surface area contributed by atoms with Crippen molar-refractivity contribution >= 4 is 5.97 Å². The Labute approximate surface area is 88.3 Å². The maximum absolute atomic E-state index is 11.1. The third-order valence-electron chi connectivity index (χ3n) is 1.91. The van der Waals surface area contributed by atoms with E-state index in [0.717, 1.165) is 5.56 Å². The van der Waals surface area contributed by atoms with Gasteiger partial charge in [0.2, 0.25) is 0 Å². The summed E-state index contributed by atoms with van der Waals surface area (Å²) in [6.07, 6.45) is 0.0890. The summed E-state index contributed by atoms with van der Waals surface area (Å²) >= 11 is 0. The first-order valence-electron chi connectivity index (χ1n) is 4.57. The number of hydrogen-bond donors (Lipinski definition) is 1. The molecule has 0 radical (unpaired) electrons. The van der Waals surface area contributed by atoms with Gasteiger partial charge < -0.3 is 10.5 Å². The Morgan fingerprint density at radius 1 is 1.47 bits per heavy atom. The van der Waals surface area contributed by atoms with Crippen molar-refractivity contribution in [2.45, 2.75) is 12.5 Å². The average Bonchev–Trinajstić information content (AvgIpc) is 2.27. The second-order valence-corrected chi connectivity index (χ2v) is 3.04. The Morgan fingerprint density at radius 2 is 2.13 bits per heavy atom. The molecular formula is C11H12N2O2. The summed E-state index contributed by atoms with van der Waals surface area (Å²) < 4.78 is 4.60. The van der Waals surface area contributed by atoms with Crippen LogP contribution in [0.5, 0.6) is 0 Å². The van der Waals surface area contributed by atoms with E-state index in [2.05, 4.69) is 4.74 Å². The van der Waals surface area contributed by atoms with Crippen LogP contribution in [0.1, 0.15) is 18.0 Å². The van der Waals surface area contributed by atoms with Crippen LogP contribution in [0.25, 0.3) is 0 Å². The third kappa shape index (κ3) is 3.79. The molecule has 1 aromatic rings. The van der Waals surface area contributed by atoms with E-state index in [-0.39, 0.29) is 19.1 Å². The van der Waals surface area contributed by atoms with E-state index in [1.807, 2.05) is 30.3 Å². The normalized spacial score (nSPS) is 11.5. The minimum absolute atomic E-state index is 0.0890. The van der Waals surface area contributed by atoms with E-state index in [0.29, 0.717) is 0 Å². The largest absolute Gasteiger partial charge is 0.450 e. The van der Waals surface area contributed by atoms with Gasteiger partial charge in [0.15, 0.2) is 6.61 Å². The Kier molecular flexibility index (Phi) is 4.32. The molecule has 1 aromatic carbocycles. The zero-order valence-corrected chi connectivity index (χ0v) is 8.22. The molecule has 15 heavy (non-hydrogen) atoms. The fourth-order valence-electron chi connectivity index (χ4n) is 1.17. The molecule has 1 unspecified atom stereocenters. The molecule has 2 N–H and O–H groups in total. The topological polar surface area (TPSA) is 76.1 Å². The third-order valence-corrected chi connectivity index (χ3v) is 1.91. The van der Waals surface area contributed by atoms with Crippen LogP contribution in [0.4, 0.5) is 0 Å². The number of hydrogen-bond acceptors (Lipinski definition) is 4. The Bertz CT molecular complexity index is 357. The monoisotopic (exact) mass is 204 g/mol. The second kappa shape index (κ2) is 5.78. The number of benzene rings is 1. The highest BCUT2D eigenvalue weighted by Gasteiger charge is 2.11. The summed E-state index contributed by atoms with van der Waals surface area (Å²) in [5.74, 6) is -0.451. The summed E-state index contributed by atoms with van der Waals surface area (Å²) in [6.45, 7) is -0.222. The predicted molar refractivity (Wildman–Crippen MR) is 54.6 cm³/mol. The molecule has 0 bridgehead atoms. The fraction of sp³-hybridized carbons (Fsp3) is 0.273. The average molecular weight is 204 g/mol. The first kappa shape index (κ1) is 11.2. The van der Waals surface area contributed by atoms with Gasteiger partial charge in [0, 0.05) is 6.04 Å². The van der Waals surface area contributed by atoms with Crippen LogP contribution in [0.2, 0.25) is 0 Å². The van der Waals surface area contributed by atoms with Crippen molar-refractivity contribution in [3.8, 4) is 6.07 Å². The lowest BCUT2D eigenvalue weighted by atomic mass is 10.1. The predicted octanol–water partition coefficient (Wildman–Crippen LogP) is 1.14. The molecule has 0 amide bonds. The minimum atomic E-state index is -0.451. The van der Waals surface area contributed by atoms with Crippen molar-refractivity contribution in [3.05, 3.63) is 35.9 Å². The summed E-state index contributed by atoms with van der Waals surface area (Å²) in [5.41, 5.74) is 6.66. The molecule has 0 saturated heterocycles. The number of nitrogens with two attached hydrogens (primary N) is 1. The van der Waals surface area contributed by atoms with Crippen molar-refractivity contribution in [2.24, 2.45) is 5.73 Å². The molecule has 1 rings (SSSR count). The SMILES string of the molecule is N#CCOC(=O)CC(N)c1ccccc1. The molecule has 78 valence electrons. The van der Waals surface area contributed by atoms with Crippen molar-refractivity contribution in [3.63, 3.8) is 0 Å². The van der Waals surface area contributed by atoms with Gasteiger partial charge in [0.05, 0.1) is 6.42 Å². The highest BCUT2D eigenvalue weighted by atomic mass is 16.5. The lowest BCUT2D eigenvalue weighted by Crippen LogP contribution is -2.17. The summed E-state index contributed by atoms with van der Waals surface area (Å²) in [5, 5.41) is 8.21. The van der Waals surface area contributed by atoms with Crippen molar-refractivity contribution in [1.82, 2.24) is 0 Å². The zero-order valence-electron chi connectivity index (χ0n) is 8.22. The standard InChI is InChI=1S/C11H12N2O2/c12-6-7-15-11(14)8-10(13)9-4-2-1-3-5-9/h1-5,10H,7-8,13H2. The smallest absolute Gasteiger partial charge is 0.308 e. The van der Waals surface area contributed by atoms with Crippen LogP contribution in [0.3, 0.4) is 0 Å². The first-order valence-corrected chi connectivity index (χ1v) is 4.57. The molecule has 0 aliphatic carbocycles. The molecule has 0 saturated carbocycles. The van der Waals surface area contributed by atoms with Crippen LogP contribution in [-0.4, -0.2) is 12.6 Å². The van der Waals surface area contributed by atoms with E-state index in [1.54, 1.807) is 6.07 Å². The molecule has 0 heterocycles. The fourth-order valence-corrected chi connectivity index (χ4v) is 1.17. The molecular weight excluding hydrogens is 192 g/mol. The Morgan fingerprint density at radius 3 is 2.73 bits per heavy atom. The minimum Gasteiger partial charge on any atom is -0.450 e. The van der Waals surface area contributed by atoms with E-state index in [9.17, 15) is 4.79 Å². The number of esters is 1. The van der Waals surface area contributed by atoms with Crippen LogP contribution in [0, 0.1) is 11.3 Å². The van der Waals surface area contributed by atoms with Gasteiger partial charge in [-0.1, -0.05) is 30.3 Å². The van der Waals surface area contributed by atoms with Crippen LogP contribution in [-0.2, 0) is 9.53 Å². The highest BCUT2D eigenvalue weighted by Crippen LogP contribution is 2.13. The van der Waals surface area contributed by atoms with E-state index < -0.39 is 5.97 Å². The number of ether oxygens (including phenoxy) is 1. The lowest BCUT2D eigenvalue weighted by molar-refractivity contribution is -0.142. The van der Waals surface area contributed by atoms with Crippen molar-refractivity contribution in [2.75, 3.05) is 6.61 Å². The number of rotatable bonds is 4. The Balaban J connectivity index is 2.46. The number of carbonyl (C=O) groups excluding carboxylic acids is 1. The summed E-state index contributed by atoms with van der Waals surface area (Å²) in [6, 6.07) is 10.6. The maximum Gasteiger partial charge on any atom is 0.308 e. The van der Waals surface area contributed by atoms with Gasteiger partial charge >= 0.3 is 5.97 Å². The van der Waals surface area contributed by atoms with Gasteiger partial charge in [-0.2, -0.15) is 5.26 Å². The van der Waals surface area contributed by atoms with Crippen molar-refractivity contribution in [1.29, 1.82) is 5.26 Å². The molecule has 0 fully saturated rings. The van der Waals surface area contributed by atoms with Gasteiger partial charge in [0.1, 0.15) is 6.07 Å². The quantitative estimate of drug-likeness (QED) is 0.746. The summed E-state index contributed by atoms with van der Waals surface area (Å²) in [4.78, 5) is 11.1. The molecule has 0 aromatic heterocycles. The zero-order chi connectivity index (χ0) is 11.1. The lowest BCUT2D eigenvalue weighted by Gasteiger charge is -2.10. The van der Waals surface area contributed by atoms with Gasteiger partial charge in [0.25, 0.3) is 0 Å². The first-order chi connectivity index (χ1) is 7.24. The van der Waals surface area contributed by atoms with Gasteiger partial charge in [-0.05, 0) is 5.56 Å². The molecule has 0 spiro atoms. The van der Waals surface area contributed by atoms with Gasteiger partial charge in [-0.3, -0.25) is 4.79 Å². The molecule has 4 nitrogen and oxygen atoms in total. The van der Waals surface area contributed by atoms with E-state index >= 15 is 0 Å². The van der Waals surface area contributed by atoms with Crippen LogP contribution in [0.15, 0.2) is 30.3 Å².